The third-order valence-electron chi connectivity index (χ3n) is 3.20. The standard InChI is InChI=1S/C15H18BrNO/c1-10-7-12(8-11(2)15(10)16)14(17-3)9-13-5-4-6-18-13/h4-8,14,17H,9H2,1-3H3. The fourth-order valence-electron chi connectivity index (χ4n) is 2.20. The normalized spacial score (nSPS) is 12.7. The van der Waals surface area contributed by atoms with Crippen molar-refractivity contribution >= 4 is 15.9 Å². The van der Waals surface area contributed by atoms with Crippen molar-refractivity contribution in [3.63, 3.8) is 0 Å². The summed E-state index contributed by atoms with van der Waals surface area (Å²) in [6, 6.07) is 8.67. The van der Waals surface area contributed by atoms with Crippen molar-refractivity contribution in [1.29, 1.82) is 0 Å². The van der Waals surface area contributed by atoms with E-state index in [9.17, 15) is 0 Å². The largest absolute Gasteiger partial charge is 0.469 e. The Balaban J connectivity index is 2.27. The second kappa shape index (κ2) is 5.72. The Kier molecular flexibility index (Phi) is 4.25. The molecule has 0 radical (unpaired) electrons. The summed E-state index contributed by atoms with van der Waals surface area (Å²) in [5.74, 6) is 1.01. The van der Waals surface area contributed by atoms with Crippen LogP contribution in [-0.2, 0) is 6.42 Å². The van der Waals surface area contributed by atoms with E-state index in [1.807, 2.05) is 19.2 Å². The number of halogens is 1. The fraction of sp³-hybridized carbons (Fsp3) is 0.333. The number of hydrogen-bond acceptors (Lipinski definition) is 2. The Morgan fingerprint density at radius 3 is 2.44 bits per heavy atom. The molecule has 96 valence electrons. The van der Waals surface area contributed by atoms with Crippen LogP contribution in [0.5, 0.6) is 0 Å². The maximum atomic E-state index is 5.42. The van der Waals surface area contributed by atoms with Crippen LogP contribution in [0, 0.1) is 13.8 Å². The predicted octanol–water partition coefficient (Wildman–Crippen LogP) is 4.16. The molecular formula is C15H18BrNO. The van der Waals surface area contributed by atoms with Crippen LogP contribution in [0.25, 0.3) is 0 Å². The Labute approximate surface area is 117 Å². The van der Waals surface area contributed by atoms with Gasteiger partial charge >= 0.3 is 0 Å². The van der Waals surface area contributed by atoms with Crippen molar-refractivity contribution in [3.05, 3.63) is 57.5 Å². The number of rotatable bonds is 4. The van der Waals surface area contributed by atoms with Gasteiger partial charge in [-0.25, -0.2) is 0 Å². The molecule has 2 aromatic rings. The van der Waals surface area contributed by atoms with E-state index in [1.165, 1.54) is 21.2 Å². The monoisotopic (exact) mass is 307 g/mol. The highest BCUT2D eigenvalue weighted by Gasteiger charge is 2.13. The van der Waals surface area contributed by atoms with Crippen molar-refractivity contribution in [3.8, 4) is 0 Å². The van der Waals surface area contributed by atoms with Gasteiger partial charge in [0.2, 0.25) is 0 Å². The van der Waals surface area contributed by atoms with Crippen LogP contribution in [0.15, 0.2) is 39.4 Å². The third-order valence-corrected chi connectivity index (χ3v) is 4.45. The molecule has 0 saturated carbocycles. The molecule has 0 aliphatic carbocycles. The van der Waals surface area contributed by atoms with Crippen LogP contribution in [0.4, 0.5) is 0 Å². The number of benzene rings is 1. The summed E-state index contributed by atoms with van der Waals surface area (Å²) in [4.78, 5) is 0. The van der Waals surface area contributed by atoms with Gasteiger partial charge in [-0.1, -0.05) is 28.1 Å². The summed E-state index contributed by atoms with van der Waals surface area (Å²) in [5, 5.41) is 3.36. The van der Waals surface area contributed by atoms with Crippen molar-refractivity contribution in [2.24, 2.45) is 0 Å². The molecular weight excluding hydrogens is 290 g/mol. The van der Waals surface area contributed by atoms with Crippen LogP contribution in [0.3, 0.4) is 0 Å². The minimum absolute atomic E-state index is 0.279. The second-order valence-corrected chi connectivity index (χ2v) is 5.39. The lowest BCUT2D eigenvalue weighted by atomic mass is 9.98. The van der Waals surface area contributed by atoms with Crippen molar-refractivity contribution in [2.75, 3.05) is 7.05 Å². The maximum Gasteiger partial charge on any atom is 0.105 e. The van der Waals surface area contributed by atoms with Gasteiger partial charge in [0, 0.05) is 16.9 Å². The summed E-state index contributed by atoms with van der Waals surface area (Å²) in [7, 11) is 1.99. The first kappa shape index (κ1) is 13.4. The first-order valence-corrected chi connectivity index (χ1v) is 6.87. The van der Waals surface area contributed by atoms with Gasteiger partial charge in [-0.15, -0.1) is 0 Å². The quantitative estimate of drug-likeness (QED) is 0.917. The summed E-state index contributed by atoms with van der Waals surface area (Å²) >= 11 is 3.61. The first-order chi connectivity index (χ1) is 8.61. The number of furan rings is 1. The average Bonchev–Trinajstić information content (AvgIpc) is 2.85. The van der Waals surface area contributed by atoms with Gasteiger partial charge in [-0.05, 0) is 49.7 Å². The Morgan fingerprint density at radius 2 is 1.94 bits per heavy atom. The highest BCUT2D eigenvalue weighted by Crippen LogP contribution is 2.27. The van der Waals surface area contributed by atoms with Gasteiger partial charge in [0.1, 0.15) is 5.76 Å². The molecule has 0 amide bonds. The molecule has 3 heteroatoms. The molecule has 0 spiro atoms. The first-order valence-electron chi connectivity index (χ1n) is 6.08. The van der Waals surface area contributed by atoms with Crippen LogP contribution in [0.1, 0.15) is 28.5 Å². The van der Waals surface area contributed by atoms with E-state index < -0.39 is 0 Å². The molecule has 1 unspecified atom stereocenters. The van der Waals surface area contributed by atoms with Gasteiger partial charge in [0.15, 0.2) is 0 Å². The van der Waals surface area contributed by atoms with Crippen LogP contribution < -0.4 is 5.32 Å². The molecule has 0 saturated heterocycles. The number of likely N-dealkylation sites (N-methyl/N-ethyl adjacent to an activating group) is 1. The lowest BCUT2D eigenvalue weighted by Crippen LogP contribution is -2.19. The minimum Gasteiger partial charge on any atom is -0.469 e. The minimum atomic E-state index is 0.279. The van der Waals surface area contributed by atoms with Gasteiger partial charge in [-0.2, -0.15) is 0 Å². The van der Waals surface area contributed by atoms with E-state index in [0.717, 1.165) is 12.2 Å². The summed E-state index contributed by atoms with van der Waals surface area (Å²) in [5.41, 5.74) is 3.83. The highest BCUT2D eigenvalue weighted by molar-refractivity contribution is 9.10. The zero-order valence-corrected chi connectivity index (χ0v) is 12.5. The van der Waals surface area contributed by atoms with E-state index >= 15 is 0 Å². The van der Waals surface area contributed by atoms with E-state index in [1.54, 1.807) is 6.26 Å². The molecule has 1 atom stereocenters. The van der Waals surface area contributed by atoms with E-state index in [-0.39, 0.29) is 6.04 Å². The molecule has 1 heterocycles. The van der Waals surface area contributed by atoms with E-state index in [2.05, 4.69) is 47.2 Å². The fourth-order valence-corrected chi connectivity index (χ4v) is 2.43. The summed E-state index contributed by atoms with van der Waals surface area (Å²) in [6.45, 7) is 4.25. The molecule has 1 aromatic heterocycles. The van der Waals surface area contributed by atoms with Gasteiger partial charge in [0.05, 0.1) is 6.26 Å². The molecule has 2 rings (SSSR count). The topological polar surface area (TPSA) is 25.2 Å². The molecule has 1 aromatic carbocycles. The number of aryl methyl sites for hydroxylation is 2. The molecule has 18 heavy (non-hydrogen) atoms. The number of hydrogen-bond donors (Lipinski definition) is 1. The highest BCUT2D eigenvalue weighted by atomic mass is 79.9. The second-order valence-electron chi connectivity index (χ2n) is 4.59. The summed E-state index contributed by atoms with van der Waals surface area (Å²) in [6.07, 6.45) is 2.59. The molecule has 2 nitrogen and oxygen atoms in total. The third kappa shape index (κ3) is 2.85. The smallest absolute Gasteiger partial charge is 0.105 e. The molecule has 0 fully saturated rings. The Morgan fingerprint density at radius 1 is 1.28 bits per heavy atom. The van der Waals surface area contributed by atoms with E-state index in [0.29, 0.717) is 0 Å². The van der Waals surface area contributed by atoms with Gasteiger partial charge in [-0.3, -0.25) is 0 Å². The molecule has 0 bridgehead atoms. The van der Waals surface area contributed by atoms with Crippen molar-refractivity contribution in [1.82, 2.24) is 5.32 Å². The zero-order chi connectivity index (χ0) is 13.1. The summed E-state index contributed by atoms with van der Waals surface area (Å²) < 4.78 is 6.62. The SMILES string of the molecule is CNC(Cc1ccco1)c1cc(C)c(Br)c(C)c1. The van der Waals surface area contributed by atoms with E-state index in [4.69, 9.17) is 4.42 Å². The molecule has 1 N–H and O–H groups in total. The average molecular weight is 308 g/mol. The zero-order valence-electron chi connectivity index (χ0n) is 11.0. The molecule has 0 aliphatic heterocycles. The molecule has 0 aliphatic rings. The number of nitrogens with one attached hydrogen (secondary N) is 1. The maximum absolute atomic E-state index is 5.42. The Bertz CT molecular complexity index is 496. The van der Waals surface area contributed by atoms with Crippen molar-refractivity contribution in [2.45, 2.75) is 26.3 Å². The van der Waals surface area contributed by atoms with Gasteiger partial charge in [0.25, 0.3) is 0 Å². The van der Waals surface area contributed by atoms with Crippen LogP contribution >= 0.6 is 15.9 Å². The van der Waals surface area contributed by atoms with Crippen molar-refractivity contribution < 1.29 is 4.42 Å². The van der Waals surface area contributed by atoms with Gasteiger partial charge < -0.3 is 9.73 Å². The van der Waals surface area contributed by atoms with Crippen LogP contribution in [0.2, 0.25) is 0 Å². The van der Waals surface area contributed by atoms with Crippen LogP contribution in [-0.4, -0.2) is 7.05 Å². The predicted molar refractivity (Wildman–Crippen MR) is 77.8 cm³/mol. The lowest BCUT2D eigenvalue weighted by molar-refractivity contribution is 0.466. The lowest BCUT2D eigenvalue weighted by Gasteiger charge is -2.17. The Hall–Kier alpha value is -1.06.